The van der Waals surface area contributed by atoms with E-state index in [1.807, 2.05) is 11.0 Å². The lowest BCUT2D eigenvalue weighted by atomic mass is 10.1. The van der Waals surface area contributed by atoms with E-state index in [0.29, 0.717) is 10.7 Å². The second-order valence-electron chi connectivity index (χ2n) is 6.66. The SMILES string of the molecule is FC(F)(CN1CCCC1)Cn1cc(-c2cnc3ccc(Cl)nc3c2)cn1. The molecule has 26 heavy (non-hydrogen) atoms. The molecule has 0 atom stereocenters. The fourth-order valence-corrected chi connectivity index (χ4v) is 3.45. The monoisotopic (exact) mass is 377 g/mol. The lowest BCUT2D eigenvalue weighted by Gasteiger charge is -2.22. The lowest BCUT2D eigenvalue weighted by Crippen LogP contribution is -2.38. The van der Waals surface area contributed by atoms with E-state index in [2.05, 4.69) is 15.1 Å². The predicted molar refractivity (Wildman–Crippen MR) is 96.4 cm³/mol. The van der Waals surface area contributed by atoms with Gasteiger partial charge in [-0.15, -0.1) is 0 Å². The number of alkyl halides is 2. The molecule has 1 aliphatic heterocycles. The Balaban J connectivity index is 1.52. The molecule has 0 aromatic carbocycles. The van der Waals surface area contributed by atoms with Gasteiger partial charge in [0.05, 0.1) is 23.8 Å². The van der Waals surface area contributed by atoms with E-state index in [4.69, 9.17) is 11.6 Å². The highest BCUT2D eigenvalue weighted by molar-refractivity contribution is 6.29. The number of halogens is 3. The van der Waals surface area contributed by atoms with Gasteiger partial charge in [-0.1, -0.05) is 11.6 Å². The molecule has 136 valence electrons. The van der Waals surface area contributed by atoms with Crippen molar-refractivity contribution < 1.29 is 8.78 Å². The molecule has 0 unspecified atom stereocenters. The van der Waals surface area contributed by atoms with Crippen molar-refractivity contribution in [2.24, 2.45) is 0 Å². The van der Waals surface area contributed by atoms with Crippen LogP contribution >= 0.6 is 11.6 Å². The number of likely N-dealkylation sites (tertiary alicyclic amines) is 1. The Morgan fingerprint density at radius 2 is 1.85 bits per heavy atom. The second kappa shape index (κ2) is 6.89. The van der Waals surface area contributed by atoms with Crippen LogP contribution in [0.3, 0.4) is 0 Å². The summed E-state index contributed by atoms with van der Waals surface area (Å²) in [6.07, 6.45) is 6.86. The number of rotatable bonds is 5. The fraction of sp³-hybridized carbons (Fsp3) is 0.389. The van der Waals surface area contributed by atoms with Crippen LogP contribution in [0.4, 0.5) is 8.78 Å². The molecule has 0 aliphatic carbocycles. The third-order valence-corrected chi connectivity index (χ3v) is 4.73. The third-order valence-electron chi connectivity index (χ3n) is 4.52. The Labute approximate surface area is 154 Å². The van der Waals surface area contributed by atoms with Gasteiger partial charge in [0.2, 0.25) is 0 Å². The summed E-state index contributed by atoms with van der Waals surface area (Å²) >= 11 is 5.92. The summed E-state index contributed by atoms with van der Waals surface area (Å²) in [5.74, 6) is -2.82. The molecule has 5 nitrogen and oxygen atoms in total. The molecule has 1 fully saturated rings. The molecule has 0 spiro atoms. The van der Waals surface area contributed by atoms with Gasteiger partial charge in [-0.2, -0.15) is 5.10 Å². The van der Waals surface area contributed by atoms with E-state index in [9.17, 15) is 8.78 Å². The Morgan fingerprint density at radius 3 is 2.65 bits per heavy atom. The van der Waals surface area contributed by atoms with Gasteiger partial charge in [-0.3, -0.25) is 14.6 Å². The first-order valence-electron chi connectivity index (χ1n) is 8.54. The van der Waals surface area contributed by atoms with E-state index >= 15 is 0 Å². The van der Waals surface area contributed by atoms with Crippen LogP contribution in [0.25, 0.3) is 22.2 Å². The van der Waals surface area contributed by atoms with Crippen molar-refractivity contribution in [3.8, 4) is 11.1 Å². The zero-order chi connectivity index (χ0) is 18.1. The highest BCUT2D eigenvalue weighted by Gasteiger charge is 2.33. The number of fused-ring (bicyclic) bond motifs is 1. The van der Waals surface area contributed by atoms with Crippen molar-refractivity contribution in [2.75, 3.05) is 19.6 Å². The molecule has 0 radical (unpaired) electrons. The number of pyridine rings is 2. The Morgan fingerprint density at radius 1 is 1.04 bits per heavy atom. The normalized spacial score (nSPS) is 15.8. The summed E-state index contributed by atoms with van der Waals surface area (Å²) in [5, 5.41) is 4.48. The Bertz CT molecular complexity index is 921. The Hall–Kier alpha value is -2.12. The summed E-state index contributed by atoms with van der Waals surface area (Å²) in [5.41, 5.74) is 2.87. The van der Waals surface area contributed by atoms with E-state index in [0.717, 1.165) is 42.6 Å². The van der Waals surface area contributed by atoms with Gasteiger partial charge in [0.25, 0.3) is 5.92 Å². The number of hydrogen-bond acceptors (Lipinski definition) is 4. The minimum atomic E-state index is -2.82. The van der Waals surface area contributed by atoms with Gasteiger partial charge >= 0.3 is 0 Å². The summed E-state index contributed by atoms with van der Waals surface area (Å²) in [6, 6.07) is 5.30. The van der Waals surface area contributed by atoms with Crippen LogP contribution in [0.1, 0.15) is 12.8 Å². The fourth-order valence-electron chi connectivity index (χ4n) is 3.29. The molecule has 3 aromatic heterocycles. The van der Waals surface area contributed by atoms with E-state index < -0.39 is 12.5 Å². The molecule has 1 aliphatic rings. The summed E-state index contributed by atoms with van der Waals surface area (Å²) in [6.45, 7) is 0.841. The summed E-state index contributed by atoms with van der Waals surface area (Å²) in [7, 11) is 0. The third kappa shape index (κ3) is 3.83. The van der Waals surface area contributed by atoms with E-state index in [1.54, 1.807) is 30.7 Å². The average Bonchev–Trinajstić information content (AvgIpc) is 3.25. The number of nitrogens with zero attached hydrogens (tertiary/aromatic N) is 5. The van der Waals surface area contributed by atoms with Crippen molar-refractivity contribution in [3.05, 3.63) is 41.9 Å². The van der Waals surface area contributed by atoms with Crippen molar-refractivity contribution in [3.63, 3.8) is 0 Å². The van der Waals surface area contributed by atoms with Crippen LogP contribution in [0.15, 0.2) is 36.8 Å². The molecule has 3 aromatic rings. The van der Waals surface area contributed by atoms with Crippen LogP contribution in [-0.4, -0.2) is 50.2 Å². The molecule has 8 heteroatoms. The van der Waals surface area contributed by atoms with Crippen LogP contribution in [-0.2, 0) is 6.54 Å². The zero-order valence-corrected chi connectivity index (χ0v) is 14.8. The molecule has 0 saturated carbocycles. The molecular formula is C18H18ClF2N5. The van der Waals surface area contributed by atoms with E-state index in [1.165, 1.54) is 4.68 Å². The molecular weight excluding hydrogens is 360 g/mol. The largest absolute Gasteiger partial charge is 0.297 e. The number of hydrogen-bond donors (Lipinski definition) is 0. The van der Waals surface area contributed by atoms with Crippen molar-refractivity contribution >= 4 is 22.6 Å². The van der Waals surface area contributed by atoms with Crippen molar-refractivity contribution in [2.45, 2.75) is 25.3 Å². The highest BCUT2D eigenvalue weighted by atomic mass is 35.5. The molecule has 0 amide bonds. The maximum absolute atomic E-state index is 14.3. The maximum atomic E-state index is 14.3. The first-order valence-corrected chi connectivity index (χ1v) is 8.92. The lowest BCUT2D eigenvalue weighted by molar-refractivity contribution is -0.0442. The van der Waals surface area contributed by atoms with Gasteiger partial charge in [0, 0.05) is 23.5 Å². The minimum Gasteiger partial charge on any atom is -0.297 e. The molecule has 0 bridgehead atoms. The number of aromatic nitrogens is 4. The predicted octanol–water partition coefficient (Wildman–Crippen LogP) is 3.88. The summed E-state index contributed by atoms with van der Waals surface area (Å²) in [4.78, 5) is 10.4. The minimum absolute atomic E-state index is 0.220. The summed E-state index contributed by atoms with van der Waals surface area (Å²) < 4.78 is 29.9. The van der Waals surface area contributed by atoms with Crippen LogP contribution in [0.2, 0.25) is 5.15 Å². The van der Waals surface area contributed by atoms with Gasteiger partial charge in [0.1, 0.15) is 11.7 Å². The van der Waals surface area contributed by atoms with Gasteiger partial charge in [-0.05, 0) is 44.1 Å². The standard InChI is InChI=1S/C18H18ClF2N5/c19-17-4-3-15-16(24-17)7-13(8-22-15)14-9-23-26(10-14)12-18(20,21)11-25-5-1-2-6-25/h3-4,7-10H,1-2,5-6,11-12H2. The second-order valence-corrected chi connectivity index (χ2v) is 7.05. The molecule has 4 heterocycles. The molecule has 0 N–H and O–H groups in total. The first-order chi connectivity index (χ1) is 12.5. The van der Waals surface area contributed by atoms with Crippen LogP contribution in [0.5, 0.6) is 0 Å². The van der Waals surface area contributed by atoms with Gasteiger partial charge in [0.15, 0.2) is 0 Å². The van der Waals surface area contributed by atoms with Gasteiger partial charge in [-0.25, -0.2) is 13.8 Å². The maximum Gasteiger partial charge on any atom is 0.279 e. The first kappa shape index (κ1) is 17.3. The average molecular weight is 378 g/mol. The Kier molecular flexibility index (Phi) is 4.58. The van der Waals surface area contributed by atoms with Crippen LogP contribution in [0, 0.1) is 0 Å². The van der Waals surface area contributed by atoms with Crippen molar-refractivity contribution in [1.82, 2.24) is 24.6 Å². The quantitative estimate of drug-likeness (QED) is 0.633. The van der Waals surface area contributed by atoms with Crippen LogP contribution < -0.4 is 0 Å². The molecule has 1 saturated heterocycles. The van der Waals surface area contributed by atoms with Gasteiger partial charge < -0.3 is 0 Å². The zero-order valence-electron chi connectivity index (χ0n) is 14.1. The highest BCUT2D eigenvalue weighted by Crippen LogP contribution is 2.25. The topological polar surface area (TPSA) is 46.8 Å². The smallest absolute Gasteiger partial charge is 0.279 e. The van der Waals surface area contributed by atoms with E-state index in [-0.39, 0.29) is 6.54 Å². The molecule has 4 rings (SSSR count). The van der Waals surface area contributed by atoms with Crippen molar-refractivity contribution in [1.29, 1.82) is 0 Å².